The molecule has 0 bridgehead atoms. The highest BCUT2D eigenvalue weighted by molar-refractivity contribution is 5.92. The first-order valence-corrected chi connectivity index (χ1v) is 9.36. The number of aromatic amines is 1. The monoisotopic (exact) mass is 390 g/mol. The molecule has 0 saturated heterocycles. The fourth-order valence-electron chi connectivity index (χ4n) is 3.43. The first-order chi connectivity index (χ1) is 14.1. The van der Waals surface area contributed by atoms with Crippen LogP contribution in [-0.4, -0.2) is 32.2 Å². The molecule has 1 aliphatic rings. The van der Waals surface area contributed by atoms with Crippen LogP contribution < -0.4 is 11.1 Å². The maximum Gasteiger partial charge on any atom is 0.329 e. The largest absolute Gasteiger partial charge is 0.350 e. The third-order valence-corrected chi connectivity index (χ3v) is 4.87. The Hall–Kier alpha value is -3.65. The van der Waals surface area contributed by atoms with Gasteiger partial charge in [0.05, 0.1) is 25.2 Å². The van der Waals surface area contributed by atoms with Gasteiger partial charge in [0, 0.05) is 12.1 Å². The van der Waals surface area contributed by atoms with Crippen molar-refractivity contribution in [2.24, 2.45) is 5.73 Å². The molecule has 0 fully saturated rings. The van der Waals surface area contributed by atoms with Crippen molar-refractivity contribution in [3.8, 4) is 0 Å². The van der Waals surface area contributed by atoms with Crippen molar-refractivity contribution < 1.29 is 9.59 Å². The molecule has 3 aromatic rings. The summed E-state index contributed by atoms with van der Waals surface area (Å²) in [4.78, 5) is 24.4. The number of nitrogens with one attached hydrogen (secondary N) is 2. The Kier molecular flexibility index (Phi) is 5.26. The second-order valence-corrected chi connectivity index (χ2v) is 6.94. The number of urea groups is 1. The second-order valence-electron chi connectivity index (χ2n) is 6.94. The molecule has 1 aliphatic heterocycles. The minimum atomic E-state index is -0.526. The summed E-state index contributed by atoms with van der Waals surface area (Å²) in [6.45, 7) is 1.28. The minimum Gasteiger partial charge on any atom is -0.350 e. The lowest BCUT2D eigenvalue weighted by Gasteiger charge is -2.30. The zero-order chi connectivity index (χ0) is 20.2. The van der Waals surface area contributed by atoms with E-state index in [1.807, 2.05) is 65.7 Å². The van der Waals surface area contributed by atoms with Crippen LogP contribution in [-0.2, 0) is 30.8 Å². The molecule has 4 N–H and O–H groups in total. The van der Waals surface area contributed by atoms with Crippen LogP contribution in [0.3, 0.4) is 0 Å². The molecule has 8 heteroatoms. The van der Waals surface area contributed by atoms with Crippen molar-refractivity contribution in [2.45, 2.75) is 26.1 Å². The SMILES string of the molecule is NC(=O)N(Cc1ccccc1)N1Cc2[nH]nc(NC(=O)Cc3ccccc3)c2C1. The average Bonchev–Trinajstić information content (AvgIpc) is 3.29. The summed E-state index contributed by atoms with van der Waals surface area (Å²) in [5, 5.41) is 13.4. The average molecular weight is 390 g/mol. The van der Waals surface area contributed by atoms with Crippen molar-refractivity contribution in [3.05, 3.63) is 83.0 Å². The number of hydrazine groups is 1. The zero-order valence-electron chi connectivity index (χ0n) is 15.8. The number of amides is 3. The molecular formula is C21H22N6O2. The van der Waals surface area contributed by atoms with Crippen LogP contribution in [0.5, 0.6) is 0 Å². The molecule has 8 nitrogen and oxygen atoms in total. The van der Waals surface area contributed by atoms with E-state index in [2.05, 4.69) is 15.5 Å². The van der Waals surface area contributed by atoms with E-state index >= 15 is 0 Å². The van der Waals surface area contributed by atoms with Crippen molar-refractivity contribution in [3.63, 3.8) is 0 Å². The highest BCUT2D eigenvalue weighted by atomic mass is 16.2. The van der Waals surface area contributed by atoms with E-state index in [4.69, 9.17) is 5.73 Å². The number of carbonyl (C=O) groups excluding carboxylic acids is 2. The zero-order valence-corrected chi connectivity index (χ0v) is 15.8. The van der Waals surface area contributed by atoms with Crippen LogP contribution in [0, 0.1) is 0 Å². The van der Waals surface area contributed by atoms with Crippen molar-refractivity contribution in [1.82, 2.24) is 20.2 Å². The number of primary amides is 1. The quantitative estimate of drug-likeness (QED) is 0.601. The molecule has 0 unspecified atom stereocenters. The predicted molar refractivity (Wildman–Crippen MR) is 108 cm³/mol. The van der Waals surface area contributed by atoms with Crippen LogP contribution in [0.15, 0.2) is 60.7 Å². The molecule has 0 radical (unpaired) electrons. The molecule has 4 rings (SSSR count). The molecular weight excluding hydrogens is 368 g/mol. The fraction of sp³-hybridized carbons (Fsp3) is 0.190. The first-order valence-electron chi connectivity index (χ1n) is 9.36. The van der Waals surface area contributed by atoms with Gasteiger partial charge in [0.25, 0.3) is 0 Å². The van der Waals surface area contributed by atoms with Gasteiger partial charge in [-0.3, -0.25) is 14.9 Å². The lowest BCUT2D eigenvalue weighted by atomic mass is 10.1. The molecule has 2 aromatic carbocycles. The first kappa shape index (κ1) is 18.7. The summed E-state index contributed by atoms with van der Waals surface area (Å²) in [5.74, 6) is 0.354. The van der Waals surface area contributed by atoms with Gasteiger partial charge in [0.2, 0.25) is 5.91 Å². The summed E-state index contributed by atoms with van der Waals surface area (Å²) in [7, 11) is 0. The van der Waals surface area contributed by atoms with Crippen molar-refractivity contribution in [2.75, 3.05) is 5.32 Å². The number of hydrogen-bond donors (Lipinski definition) is 3. The molecule has 0 aliphatic carbocycles. The number of rotatable bonds is 6. The Morgan fingerprint density at radius 3 is 2.34 bits per heavy atom. The highest BCUT2D eigenvalue weighted by Gasteiger charge is 2.31. The van der Waals surface area contributed by atoms with Crippen LogP contribution >= 0.6 is 0 Å². The van der Waals surface area contributed by atoms with Crippen LogP contribution in [0.2, 0.25) is 0 Å². The lowest BCUT2D eigenvalue weighted by Crippen LogP contribution is -2.46. The molecule has 0 saturated carbocycles. The second kappa shape index (κ2) is 8.15. The summed E-state index contributed by atoms with van der Waals surface area (Å²) in [6.07, 6.45) is 0.271. The van der Waals surface area contributed by atoms with E-state index in [0.717, 1.165) is 22.4 Å². The van der Waals surface area contributed by atoms with Gasteiger partial charge in [0.15, 0.2) is 5.82 Å². The van der Waals surface area contributed by atoms with Crippen LogP contribution in [0.4, 0.5) is 10.6 Å². The number of aromatic nitrogens is 2. The smallest absolute Gasteiger partial charge is 0.329 e. The third-order valence-electron chi connectivity index (χ3n) is 4.87. The highest BCUT2D eigenvalue weighted by Crippen LogP contribution is 2.29. The van der Waals surface area contributed by atoms with E-state index in [0.29, 0.717) is 25.5 Å². The van der Waals surface area contributed by atoms with E-state index in [9.17, 15) is 9.59 Å². The molecule has 3 amide bonds. The Balaban J connectivity index is 1.43. The third kappa shape index (κ3) is 4.27. The summed E-state index contributed by atoms with van der Waals surface area (Å²) in [5.41, 5.74) is 9.26. The number of hydrogen-bond acceptors (Lipinski definition) is 4. The summed E-state index contributed by atoms with van der Waals surface area (Å²) >= 11 is 0. The molecule has 0 spiro atoms. The summed E-state index contributed by atoms with van der Waals surface area (Å²) < 4.78 is 0. The van der Waals surface area contributed by atoms with Gasteiger partial charge in [-0.05, 0) is 11.1 Å². The van der Waals surface area contributed by atoms with E-state index in [1.54, 1.807) is 0 Å². The number of nitrogens with two attached hydrogens (primary N) is 1. The number of anilines is 1. The number of carbonyl (C=O) groups is 2. The van der Waals surface area contributed by atoms with Crippen LogP contribution in [0.25, 0.3) is 0 Å². The maximum absolute atomic E-state index is 12.4. The topological polar surface area (TPSA) is 107 Å². The Labute approximate surface area is 168 Å². The van der Waals surface area contributed by atoms with Crippen LogP contribution in [0.1, 0.15) is 22.4 Å². The normalized spacial score (nSPS) is 13.1. The molecule has 2 heterocycles. The van der Waals surface area contributed by atoms with Gasteiger partial charge in [-0.2, -0.15) is 5.10 Å². The van der Waals surface area contributed by atoms with Gasteiger partial charge in [-0.15, -0.1) is 0 Å². The number of fused-ring (bicyclic) bond motifs is 1. The van der Waals surface area contributed by atoms with E-state index in [1.165, 1.54) is 5.01 Å². The van der Waals surface area contributed by atoms with Gasteiger partial charge in [-0.25, -0.2) is 9.80 Å². The van der Waals surface area contributed by atoms with E-state index < -0.39 is 6.03 Å². The Morgan fingerprint density at radius 1 is 1.03 bits per heavy atom. The van der Waals surface area contributed by atoms with Gasteiger partial charge < -0.3 is 11.1 Å². The number of benzene rings is 2. The molecule has 148 valence electrons. The molecule has 0 atom stereocenters. The van der Waals surface area contributed by atoms with Gasteiger partial charge in [0.1, 0.15) is 0 Å². The predicted octanol–water partition coefficient (Wildman–Crippen LogP) is 2.40. The Bertz CT molecular complexity index is 1000. The number of nitrogens with zero attached hydrogens (tertiary/aromatic N) is 3. The minimum absolute atomic E-state index is 0.139. The number of H-pyrrole nitrogens is 1. The van der Waals surface area contributed by atoms with Gasteiger partial charge >= 0.3 is 6.03 Å². The van der Waals surface area contributed by atoms with Crippen molar-refractivity contribution >= 4 is 17.8 Å². The Morgan fingerprint density at radius 2 is 1.69 bits per heavy atom. The van der Waals surface area contributed by atoms with Crippen molar-refractivity contribution in [1.29, 1.82) is 0 Å². The standard InChI is InChI=1S/C21H22N6O2/c22-21(29)27(12-16-9-5-2-6-10-16)26-13-17-18(14-26)24-25-20(17)23-19(28)11-15-7-3-1-4-8-15/h1-10H,11-14H2,(H2,22,29)(H2,23,24,25,28). The molecule has 29 heavy (non-hydrogen) atoms. The molecule has 1 aromatic heterocycles. The summed E-state index contributed by atoms with van der Waals surface area (Å²) in [6, 6.07) is 18.7. The fourth-order valence-corrected chi connectivity index (χ4v) is 3.43. The van der Waals surface area contributed by atoms with Gasteiger partial charge in [-0.1, -0.05) is 60.7 Å². The lowest BCUT2D eigenvalue weighted by molar-refractivity contribution is -0.115. The van der Waals surface area contributed by atoms with E-state index in [-0.39, 0.29) is 12.3 Å². The maximum atomic E-state index is 12.4.